The Morgan fingerprint density at radius 1 is 0.600 bits per heavy atom. The van der Waals surface area contributed by atoms with E-state index in [1.165, 1.54) is 14.2 Å². The van der Waals surface area contributed by atoms with Gasteiger partial charge in [0.1, 0.15) is 34.9 Å². The number of carbonyl (C=O) groups excluding carboxylic acids is 4. The molecule has 6 heterocycles. The molecule has 0 saturated carbocycles. The number of nitrogens with zero attached hydrogens (tertiary/aromatic N) is 4. The van der Waals surface area contributed by atoms with E-state index in [-0.39, 0.29) is 23.9 Å². The molecule has 8 aromatic rings. The Bertz CT molecular complexity index is 3000. The molecule has 4 unspecified atom stereocenters. The number of likely N-dealkylation sites (tertiary alicyclic amines) is 2. The van der Waals surface area contributed by atoms with Gasteiger partial charge in [0.2, 0.25) is 0 Å². The number of methoxy groups -OCH3 is 2. The molecule has 2 bridgehead atoms. The van der Waals surface area contributed by atoms with E-state index in [1.807, 2.05) is 79.0 Å². The number of amides is 4. The van der Waals surface area contributed by atoms with Gasteiger partial charge in [-0.2, -0.15) is 0 Å². The molecule has 0 aliphatic carbocycles. The number of hydrogen-bond donors (Lipinski definition) is 4. The van der Waals surface area contributed by atoms with Crippen molar-refractivity contribution < 1.29 is 33.1 Å². The zero-order chi connectivity index (χ0) is 44.6. The number of benzene rings is 5. The number of nitrogens with one attached hydrogen (secondary N) is 4. The first-order valence-corrected chi connectivity index (χ1v) is 21.7. The minimum Gasteiger partial charge on any atom is -0.456 e. The van der Waals surface area contributed by atoms with Crippen LogP contribution in [0.3, 0.4) is 0 Å². The van der Waals surface area contributed by atoms with Gasteiger partial charge in [0, 0.05) is 29.4 Å². The van der Waals surface area contributed by atoms with Gasteiger partial charge in [-0.15, -0.1) is 0 Å². The number of carbonyl (C=O) groups is 4. The van der Waals surface area contributed by atoms with Crippen LogP contribution in [0.2, 0.25) is 0 Å². The topological polar surface area (TPSA) is 188 Å². The van der Waals surface area contributed by atoms with E-state index in [9.17, 15) is 19.2 Å². The fourth-order valence-electron chi connectivity index (χ4n) is 9.49. The van der Waals surface area contributed by atoms with E-state index in [2.05, 4.69) is 57.0 Å². The highest BCUT2D eigenvalue weighted by Gasteiger charge is 2.39. The van der Waals surface area contributed by atoms with Gasteiger partial charge in [-0.3, -0.25) is 9.59 Å². The smallest absolute Gasteiger partial charge is 0.407 e. The molecule has 4 atom stereocenters. The molecule has 0 radical (unpaired) electrons. The highest BCUT2D eigenvalue weighted by molar-refractivity contribution is 6.19. The summed E-state index contributed by atoms with van der Waals surface area (Å²) in [6.45, 7) is 1.06. The van der Waals surface area contributed by atoms with Gasteiger partial charge in [0.05, 0.1) is 50.1 Å². The molecule has 0 spiro atoms. The van der Waals surface area contributed by atoms with Crippen LogP contribution in [-0.2, 0) is 19.1 Å². The number of rotatable bonds is 11. The van der Waals surface area contributed by atoms with Crippen molar-refractivity contribution in [3.8, 4) is 33.6 Å². The van der Waals surface area contributed by atoms with Crippen molar-refractivity contribution in [1.29, 1.82) is 0 Å². The first kappa shape index (κ1) is 41.1. The summed E-state index contributed by atoms with van der Waals surface area (Å²) < 4.78 is 16.0. The molecule has 2 fully saturated rings. The summed E-state index contributed by atoms with van der Waals surface area (Å²) in [4.78, 5) is 72.9. The third-order valence-electron chi connectivity index (χ3n) is 12.7. The van der Waals surface area contributed by atoms with Gasteiger partial charge in [-0.25, -0.2) is 19.6 Å². The fourth-order valence-corrected chi connectivity index (χ4v) is 9.49. The average molecular weight is 871 g/mol. The van der Waals surface area contributed by atoms with E-state index in [0.29, 0.717) is 35.9 Å². The Hall–Kier alpha value is -7.94. The lowest BCUT2D eigenvalue weighted by molar-refractivity contribution is -0.135. The number of aromatic amines is 2. The van der Waals surface area contributed by atoms with Crippen molar-refractivity contribution in [3.63, 3.8) is 0 Å². The van der Waals surface area contributed by atoms with Crippen molar-refractivity contribution in [1.82, 2.24) is 40.4 Å². The molecule has 2 saturated heterocycles. The van der Waals surface area contributed by atoms with E-state index >= 15 is 0 Å². The predicted octanol–water partition coefficient (Wildman–Crippen LogP) is 8.99. The molecule has 2 aliphatic rings. The number of fused-ring (bicyclic) bond motifs is 5. The predicted molar refractivity (Wildman–Crippen MR) is 242 cm³/mol. The van der Waals surface area contributed by atoms with Crippen LogP contribution in [-0.4, -0.2) is 81.0 Å². The van der Waals surface area contributed by atoms with Crippen LogP contribution in [0.5, 0.6) is 0 Å². The second-order valence-corrected chi connectivity index (χ2v) is 16.4. The molecule has 4 amide bonds. The third kappa shape index (κ3) is 7.68. The standard InChI is InChI=1S/C50H46N8O7/c1-63-49(61)55-43(31-11-5-3-6-12-31)47(59)57-25-9-15-37(57)45-51-27-35(53-45)30-19-17-29(18-20-30)33-21-22-34(42-40-24-23-39(65-40)41(33)42)36-28-52-46(54-36)38-16-10-26-58(38)48(60)44(56-50(62)64-2)32-13-7-4-8-14-32/h3-8,11-14,17-24,27-28,37-38,43-44H,9-10,15-16,25-26H2,1-2H3,(H,51,53)(H,52,54)(H,55,61)(H,56,62). The first-order chi connectivity index (χ1) is 31.8. The Balaban J connectivity index is 0.886. The summed E-state index contributed by atoms with van der Waals surface area (Å²) >= 11 is 0. The number of furan rings is 2. The molecule has 2 aliphatic heterocycles. The fraction of sp³-hybridized carbons (Fsp3) is 0.240. The van der Waals surface area contributed by atoms with Crippen LogP contribution in [0.25, 0.3) is 55.6 Å². The molecular formula is C50H46N8O7. The van der Waals surface area contributed by atoms with E-state index < -0.39 is 24.3 Å². The lowest BCUT2D eigenvalue weighted by Gasteiger charge is -2.28. The number of hydrogen-bond acceptors (Lipinski definition) is 9. The largest absolute Gasteiger partial charge is 0.456 e. The lowest BCUT2D eigenvalue weighted by atomic mass is 9.93. The molecule has 4 aromatic heterocycles. The monoisotopic (exact) mass is 870 g/mol. The molecule has 328 valence electrons. The summed E-state index contributed by atoms with van der Waals surface area (Å²) in [5.74, 6) is 0.896. The van der Waals surface area contributed by atoms with Gasteiger partial charge in [-0.05, 0) is 65.6 Å². The summed E-state index contributed by atoms with van der Waals surface area (Å²) in [6, 6.07) is 32.3. The van der Waals surface area contributed by atoms with Crippen molar-refractivity contribution in [2.75, 3.05) is 27.3 Å². The maximum atomic E-state index is 14.1. The summed E-state index contributed by atoms with van der Waals surface area (Å²) in [7, 11) is 2.56. The zero-order valence-electron chi connectivity index (χ0n) is 35.7. The molecule has 65 heavy (non-hydrogen) atoms. The molecule has 4 N–H and O–H groups in total. The van der Waals surface area contributed by atoms with Crippen LogP contribution >= 0.6 is 0 Å². The zero-order valence-corrected chi connectivity index (χ0v) is 35.7. The summed E-state index contributed by atoms with van der Waals surface area (Å²) in [5.41, 5.74) is 8.38. The van der Waals surface area contributed by atoms with Crippen molar-refractivity contribution in [2.45, 2.75) is 49.9 Å². The van der Waals surface area contributed by atoms with E-state index in [4.69, 9.17) is 23.9 Å². The molecule has 15 nitrogen and oxygen atoms in total. The second kappa shape index (κ2) is 17.3. The molecule has 10 rings (SSSR count). The highest BCUT2D eigenvalue weighted by Crippen LogP contribution is 2.44. The van der Waals surface area contributed by atoms with Gasteiger partial charge in [-0.1, -0.05) is 97.1 Å². The number of imidazole rings is 2. The maximum Gasteiger partial charge on any atom is 0.407 e. The molecular weight excluding hydrogens is 825 g/mol. The van der Waals surface area contributed by atoms with Gasteiger partial charge < -0.3 is 44.3 Å². The maximum absolute atomic E-state index is 14.1. The Kier molecular flexibility index (Phi) is 10.9. The lowest BCUT2D eigenvalue weighted by Crippen LogP contribution is -2.42. The average Bonchev–Trinajstić information content (AvgIpc) is 4.22. The van der Waals surface area contributed by atoms with Crippen LogP contribution in [0.1, 0.15) is 72.6 Å². The minimum absolute atomic E-state index is 0.225. The molecule has 4 aromatic carbocycles. The Labute approximate surface area is 373 Å². The quantitative estimate of drug-likeness (QED) is 0.0984. The van der Waals surface area contributed by atoms with Crippen molar-refractivity contribution >= 4 is 45.9 Å². The Morgan fingerprint density at radius 3 is 1.58 bits per heavy atom. The van der Waals surface area contributed by atoms with Crippen molar-refractivity contribution in [2.24, 2.45) is 0 Å². The summed E-state index contributed by atoms with van der Waals surface area (Å²) in [5, 5.41) is 7.41. The van der Waals surface area contributed by atoms with Crippen LogP contribution in [0.4, 0.5) is 9.59 Å². The van der Waals surface area contributed by atoms with Crippen molar-refractivity contribution in [3.05, 3.63) is 144 Å². The SMILES string of the molecule is COC(=O)NC(C(=O)N1CCCC1c1ncc(-c2ccc(-c3ccc(-c4cnc(C5CCCN5C(=O)C(NC(=O)OC)c5ccccc5)[nH]4)c4c5ccc(o5)c34)cc2)[nH]1)c1ccccc1. The van der Waals surface area contributed by atoms with Gasteiger partial charge >= 0.3 is 12.2 Å². The first-order valence-electron chi connectivity index (χ1n) is 21.7. The second-order valence-electron chi connectivity index (χ2n) is 16.4. The highest BCUT2D eigenvalue weighted by atomic mass is 16.5. The third-order valence-corrected chi connectivity index (χ3v) is 12.7. The normalized spacial score (nSPS) is 17.1. The van der Waals surface area contributed by atoms with Gasteiger partial charge in [0.15, 0.2) is 0 Å². The van der Waals surface area contributed by atoms with E-state index in [1.54, 1.807) is 16.0 Å². The molecule has 15 heteroatoms. The van der Waals surface area contributed by atoms with Crippen LogP contribution in [0.15, 0.2) is 126 Å². The Morgan fingerprint density at radius 2 is 1.06 bits per heavy atom. The number of aromatic nitrogens is 4. The van der Waals surface area contributed by atoms with Crippen LogP contribution < -0.4 is 10.6 Å². The number of H-pyrrole nitrogens is 2. The van der Waals surface area contributed by atoms with Gasteiger partial charge in [0.25, 0.3) is 11.8 Å². The van der Waals surface area contributed by atoms with Crippen LogP contribution in [0, 0.1) is 0 Å². The number of alkyl carbamates (subject to hydrolysis) is 2. The van der Waals surface area contributed by atoms with E-state index in [0.717, 1.165) is 81.3 Å². The number of ether oxygens (including phenoxy) is 2. The minimum atomic E-state index is -0.911. The summed E-state index contributed by atoms with van der Waals surface area (Å²) in [6.07, 6.45) is 5.29.